The molecule has 0 aromatic heterocycles. The van der Waals surface area contributed by atoms with Crippen LogP contribution in [0.5, 0.6) is 0 Å². The van der Waals surface area contributed by atoms with Crippen LogP contribution in [-0.2, 0) is 11.2 Å². The lowest BCUT2D eigenvalue weighted by molar-refractivity contribution is -0.132. The van der Waals surface area contributed by atoms with Gasteiger partial charge in [-0.25, -0.2) is 0 Å². The minimum atomic E-state index is -0.428. The average molecular weight is 301 g/mol. The predicted octanol–water partition coefficient (Wildman–Crippen LogP) is 1.94. The number of thioether (sulfide) groups is 1. The summed E-state index contributed by atoms with van der Waals surface area (Å²) in [7, 11) is 1.88. The van der Waals surface area contributed by atoms with E-state index in [1.807, 2.05) is 54.0 Å². The smallest absolute Gasteiger partial charge is 0.239 e. The Morgan fingerprint density at radius 2 is 2.16 bits per heavy atom. The first-order valence-electron chi connectivity index (χ1n) is 6.32. The molecule has 0 saturated carbocycles. The number of likely N-dealkylation sites (N-methyl/N-ethyl adjacent to an activating group) is 1. The summed E-state index contributed by atoms with van der Waals surface area (Å²) in [6.07, 6.45) is 1.70. The van der Waals surface area contributed by atoms with E-state index >= 15 is 0 Å². The molecular formula is C14H21ClN2OS. The first-order valence-corrected chi connectivity index (χ1v) is 7.48. The topological polar surface area (TPSA) is 46.3 Å². The second-order valence-electron chi connectivity index (χ2n) is 4.76. The minimum absolute atomic E-state index is 0. The maximum Gasteiger partial charge on any atom is 0.239 e. The molecule has 5 heteroatoms. The molecule has 0 aliphatic carbocycles. The molecule has 1 aliphatic rings. The van der Waals surface area contributed by atoms with Crippen molar-refractivity contribution >= 4 is 30.1 Å². The SMILES string of the molecule is CN(C(=O)[C@@H](N)Cc1ccccc1)C1CCSC1.Cl. The third kappa shape index (κ3) is 4.41. The molecule has 2 N–H and O–H groups in total. The van der Waals surface area contributed by atoms with Crippen LogP contribution in [0.1, 0.15) is 12.0 Å². The molecule has 1 aliphatic heterocycles. The summed E-state index contributed by atoms with van der Waals surface area (Å²) in [6, 6.07) is 9.89. The molecule has 3 nitrogen and oxygen atoms in total. The van der Waals surface area contributed by atoms with Gasteiger partial charge in [-0.1, -0.05) is 30.3 Å². The number of nitrogens with zero attached hydrogens (tertiary/aromatic N) is 1. The van der Waals surface area contributed by atoms with Gasteiger partial charge in [-0.05, 0) is 24.2 Å². The molecular weight excluding hydrogens is 280 g/mol. The molecule has 106 valence electrons. The highest BCUT2D eigenvalue weighted by molar-refractivity contribution is 7.99. The number of amides is 1. The van der Waals surface area contributed by atoms with E-state index in [0.29, 0.717) is 12.5 Å². The number of rotatable bonds is 4. The van der Waals surface area contributed by atoms with E-state index < -0.39 is 6.04 Å². The Morgan fingerprint density at radius 1 is 1.47 bits per heavy atom. The lowest BCUT2D eigenvalue weighted by Gasteiger charge is -2.26. The zero-order valence-electron chi connectivity index (χ0n) is 11.1. The lowest BCUT2D eigenvalue weighted by Crippen LogP contribution is -2.47. The first kappa shape index (κ1) is 16.3. The molecule has 1 aromatic rings. The van der Waals surface area contributed by atoms with Gasteiger partial charge in [-0.15, -0.1) is 12.4 Å². The summed E-state index contributed by atoms with van der Waals surface area (Å²) in [6.45, 7) is 0. The minimum Gasteiger partial charge on any atom is -0.341 e. The fraction of sp³-hybridized carbons (Fsp3) is 0.500. The first-order chi connectivity index (χ1) is 8.68. The normalized spacial score (nSPS) is 19.6. The Hall–Kier alpha value is -0.710. The van der Waals surface area contributed by atoms with Crippen molar-refractivity contribution in [3.63, 3.8) is 0 Å². The second kappa shape index (κ2) is 7.78. The number of hydrogen-bond donors (Lipinski definition) is 1. The fourth-order valence-corrected chi connectivity index (χ4v) is 3.49. The quantitative estimate of drug-likeness (QED) is 0.924. The van der Waals surface area contributed by atoms with Crippen LogP contribution in [0.4, 0.5) is 0 Å². The Balaban J connectivity index is 0.00000180. The average Bonchev–Trinajstić information content (AvgIpc) is 2.92. The molecule has 2 atom stereocenters. The van der Waals surface area contributed by atoms with Crippen molar-refractivity contribution < 1.29 is 4.79 Å². The Kier molecular flexibility index (Phi) is 6.69. The van der Waals surface area contributed by atoms with Crippen LogP contribution in [0.3, 0.4) is 0 Å². The molecule has 1 heterocycles. The molecule has 2 rings (SSSR count). The number of halogens is 1. The third-order valence-electron chi connectivity index (χ3n) is 3.42. The van der Waals surface area contributed by atoms with Crippen molar-refractivity contribution in [1.29, 1.82) is 0 Å². The highest BCUT2D eigenvalue weighted by Crippen LogP contribution is 2.21. The molecule has 1 fully saturated rings. The maximum atomic E-state index is 12.2. The maximum absolute atomic E-state index is 12.2. The van der Waals surface area contributed by atoms with Gasteiger partial charge in [0.2, 0.25) is 5.91 Å². The van der Waals surface area contributed by atoms with Crippen LogP contribution in [0, 0.1) is 0 Å². The zero-order valence-corrected chi connectivity index (χ0v) is 12.8. The van der Waals surface area contributed by atoms with Gasteiger partial charge < -0.3 is 10.6 Å². The van der Waals surface area contributed by atoms with Crippen molar-refractivity contribution in [2.45, 2.75) is 24.9 Å². The van der Waals surface area contributed by atoms with Crippen molar-refractivity contribution in [2.75, 3.05) is 18.6 Å². The predicted molar refractivity (Wildman–Crippen MR) is 83.9 cm³/mol. The van der Waals surface area contributed by atoms with Gasteiger partial charge >= 0.3 is 0 Å². The van der Waals surface area contributed by atoms with E-state index in [1.165, 1.54) is 0 Å². The van der Waals surface area contributed by atoms with Crippen molar-refractivity contribution in [1.82, 2.24) is 4.90 Å². The van der Waals surface area contributed by atoms with Gasteiger partial charge in [0, 0.05) is 18.8 Å². The van der Waals surface area contributed by atoms with E-state index in [4.69, 9.17) is 5.73 Å². The van der Waals surface area contributed by atoms with Crippen LogP contribution >= 0.6 is 24.2 Å². The van der Waals surface area contributed by atoms with E-state index in [0.717, 1.165) is 23.5 Å². The molecule has 0 spiro atoms. The lowest BCUT2D eigenvalue weighted by atomic mass is 10.0. The van der Waals surface area contributed by atoms with Gasteiger partial charge in [-0.2, -0.15) is 11.8 Å². The Morgan fingerprint density at radius 3 is 2.74 bits per heavy atom. The van der Waals surface area contributed by atoms with E-state index in [-0.39, 0.29) is 18.3 Å². The van der Waals surface area contributed by atoms with Crippen LogP contribution in [0.25, 0.3) is 0 Å². The molecule has 1 unspecified atom stereocenters. The second-order valence-corrected chi connectivity index (χ2v) is 5.91. The Bertz CT molecular complexity index is 396. The van der Waals surface area contributed by atoms with E-state index in [9.17, 15) is 4.79 Å². The number of carbonyl (C=O) groups is 1. The van der Waals surface area contributed by atoms with Crippen molar-refractivity contribution in [3.8, 4) is 0 Å². The van der Waals surface area contributed by atoms with Crippen molar-refractivity contribution in [3.05, 3.63) is 35.9 Å². The summed E-state index contributed by atoms with van der Waals surface area (Å²) in [4.78, 5) is 14.1. The highest BCUT2D eigenvalue weighted by atomic mass is 35.5. The zero-order chi connectivity index (χ0) is 13.0. The molecule has 1 amide bonds. The van der Waals surface area contributed by atoms with Crippen molar-refractivity contribution in [2.24, 2.45) is 5.73 Å². The third-order valence-corrected chi connectivity index (χ3v) is 4.56. The van der Waals surface area contributed by atoms with Gasteiger partial charge in [-0.3, -0.25) is 4.79 Å². The molecule has 0 bridgehead atoms. The monoisotopic (exact) mass is 300 g/mol. The Labute approximate surface area is 125 Å². The standard InChI is InChI=1S/C14H20N2OS.ClH/c1-16(12-7-8-18-10-12)14(17)13(15)9-11-5-3-2-4-6-11;/h2-6,12-13H,7-10,15H2,1H3;1H/t12?,13-;/m0./s1. The molecule has 1 saturated heterocycles. The number of carbonyl (C=O) groups excluding carboxylic acids is 1. The van der Waals surface area contributed by atoms with Gasteiger partial charge in [0.15, 0.2) is 0 Å². The largest absolute Gasteiger partial charge is 0.341 e. The summed E-state index contributed by atoms with van der Waals surface area (Å²) in [5, 5.41) is 0. The molecule has 1 aromatic carbocycles. The summed E-state index contributed by atoms with van der Waals surface area (Å²) < 4.78 is 0. The summed E-state index contributed by atoms with van der Waals surface area (Å²) in [5.74, 6) is 2.25. The summed E-state index contributed by atoms with van der Waals surface area (Å²) in [5.41, 5.74) is 7.14. The molecule has 0 radical (unpaired) electrons. The number of hydrogen-bond acceptors (Lipinski definition) is 3. The van der Waals surface area contributed by atoms with Crippen LogP contribution < -0.4 is 5.73 Å². The summed E-state index contributed by atoms with van der Waals surface area (Å²) >= 11 is 1.91. The number of nitrogens with two attached hydrogens (primary N) is 1. The molecule has 19 heavy (non-hydrogen) atoms. The van der Waals surface area contributed by atoms with E-state index in [2.05, 4.69) is 0 Å². The van der Waals surface area contributed by atoms with Crippen LogP contribution in [0.15, 0.2) is 30.3 Å². The highest BCUT2D eigenvalue weighted by Gasteiger charge is 2.27. The van der Waals surface area contributed by atoms with Gasteiger partial charge in [0.1, 0.15) is 0 Å². The van der Waals surface area contributed by atoms with Crippen LogP contribution in [0.2, 0.25) is 0 Å². The van der Waals surface area contributed by atoms with Gasteiger partial charge in [0.25, 0.3) is 0 Å². The number of benzene rings is 1. The van der Waals surface area contributed by atoms with Crippen LogP contribution in [-0.4, -0.2) is 41.4 Å². The fourth-order valence-electron chi connectivity index (χ4n) is 2.22. The van der Waals surface area contributed by atoms with Gasteiger partial charge in [0.05, 0.1) is 6.04 Å². The van der Waals surface area contributed by atoms with E-state index in [1.54, 1.807) is 0 Å².